The fourth-order valence-corrected chi connectivity index (χ4v) is 2.10. The molecule has 104 valence electrons. The van der Waals surface area contributed by atoms with E-state index in [9.17, 15) is 9.59 Å². The molecule has 6 nitrogen and oxygen atoms in total. The number of rotatable bonds is 7. The first kappa shape index (κ1) is 14.8. The van der Waals surface area contributed by atoms with E-state index in [-0.39, 0.29) is 18.6 Å². The lowest BCUT2D eigenvalue weighted by Crippen LogP contribution is -2.57. The highest BCUT2D eigenvalue weighted by atomic mass is 16.5. The molecule has 0 aromatic rings. The summed E-state index contributed by atoms with van der Waals surface area (Å²) in [5.41, 5.74) is -0.551. The monoisotopic (exact) mass is 258 g/mol. The fourth-order valence-electron chi connectivity index (χ4n) is 2.10. The largest absolute Gasteiger partial charge is 0.481 e. The van der Waals surface area contributed by atoms with Crippen LogP contribution in [0.15, 0.2) is 0 Å². The predicted octanol–water partition coefficient (Wildman–Crippen LogP) is 1.11. The summed E-state index contributed by atoms with van der Waals surface area (Å²) >= 11 is 0. The zero-order chi connectivity index (χ0) is 13.6. The minimum absolute atomic E-state index is 0.0125. The average Bonchev–Trinajstić information content (AvgIpc) is 2.23. The van der Waals surface area contributed by atoms with Crippen LogP contribution < -0.4 is 10.6 Å². The second kappa shape index (κ2) is 6.58. The molecule has 1 aliphatic carbocycles. The van der Waals surface area contributed by atoms with Gasteiger partial charge in [-0.05, 0) is 33.1 Å². The molecule has 1 atom stereocenters. The highest BCUT2D eigenvalue weighted by molar-refractivity contribution is 5.77. The van der Waals surface area contributed by atoms with E-state index in [4.69, 9.17) is 9.84 Å². The normalized spacial score (nSPS) is 18.6. The molecule has 0 spiro atoms. The molecule has 0 radical (unpaired) electrons. The van der Waals surface area contributed by atoms with Crippen LogP contribution in [0.1, 0.15) is 39.5 Å². The van der Waals surface area contributed by atoms with Gasteiger partial charge in [-0.3, -0.25) is 4.79 Å². The zero-order valence-corrected chi connectivity index (χ0v) is 11.0. The highest BCUT2D eigenvalue weighted by Gasteiger charge is 2.40. The van der Waals surface area contributed by atoms with Gasteiger partial charge in [0, 0.05) is 13.2 Å². The van der Waals surface area contributed by atoms with E-state index in [1.807, 2.05) is 13.8 Å². The number of carbonyl (C=O) groups is 2. The van der Waals surface area contributed by atoms with Gasteiger partial charge in [-0.15, -0.1) is 0 Å². The molecule has 2 amide bonds. The van der Waals surface area contributed by atoms with Crippen LogP contribution in [0.3, 0.4) is 0 Å². The third kappa shape index (κ3) is 4.52. The molecule has 1 unspecified atom stereocenters. The zero-order valence-electron chi connectivity index (χ0n) is 11.0. The van der Waals surface area contributed by atoms with Crippen LogP contribution in [0.2, 0.25) is 0 Å². The average molecular weight is 258 g/mol. The third-order valence-corrected chi connectivity index (χ3v) is 3.18. The Morgan fingerprint density at radius 3 is 2.56 bits per heavy atom. The first-order chi connectivity index (χ1) is 8.47. The van der Waals surface area contributed by atoms with Crippen LogP contribution in [0.4, 0.5) is 4.79 Å². The molecular weight excluding hydrogens is 236 g/mol. The number of urea groups is 1. The van der Waals surface area contributed by atoms with Crippen LogP contribution >= 0.6 is 0 Å². The van der Waals surface area contributed by atoms with Crippen molar-refractivity contribution in [3.8, 4) is 0 Å². The van der Waals surface area contributed by atoms with Crippen molar-refractivity contribution in [2.75, 3.05) is 13.2 Å². The first-order valence-electron chi connectivity index (χ1n) is 6.37. The molecule has 0 bridgehead atoms. The van der Waals surface area contributed by atoms with Gasteiger partial charge >= 0.3 is 12.0 Å². The van der Waals surface area contributed by atoms with Crippen molar-refractivity contribution in [1.29, 1.82) is 0 Å². The standard InChI is InChI=1S/C12H22N2O4/c1-3-18-9(2)8-13-11(17)14-12(5-4-6-12)7-10(15)16/h9H,3-8H2,1-2H3,(H,15,16)(H2,13,14,17). The Labute approximate surface area is 107 Å². The minimum Gasteiger partial charge on any atom is -0.481 e. The van der Waals surface area contributed by atoms with Crippen LogP contribution in [-0.4, -0.2) is 41.9 Å². The molecule has 1 saturated carbocycles. The Kier molecular flexibility index (Phi) is 5.40. The lowest BCUT2D eigenvalue weighted by molar-refractivity contribution is -0.139. The Hall–Kier alpha value is -1.30. The van der Waals surface area contributed by atoms with E-state index in [0.29, 0.717) is 13.2 Å². The van der Waals surface area contributed by atoms with Gasteiger partial charge in [-0.2, -0.15) is 0 Å². The van der Waals surface area contributed by atoms with Crippen LogP contribution in [-0.2, 0) is 9.53 Å². The summed E-state index contributed by atoms with van der Waals surface area (Å²) in [6.07, 6.45) is 2.36. The van der Waals surface area contributed by atoms with E-state index in [1.165, 1.54) is 0 Å². The van der Waals surface area contributed by atoms with Crippen molar-refractivity contribution >= 4 is 12.0 Å². The van der Waals surface area contributed by atoms with Crippen molar-refractivity contribution in [1.82, 2.24) is 10.6 Å². The second-order valence-electron chi connectivity index (χ2n) is 4.81. The molecule has 0 aliphatic heterocycles. The molecule has 3 N–H and O–H groups in total. The number of ether oxygens (including phenoxy) is 1. The molecule has 1 fully saturated rings. The molecule has 1 rings (SSSR count). The molecule has 0 aromatic heterocycles. The van der Waals surface area contributed by atoms with Crippen molar-refractivity contribution in [2.24, 2.45) is 0 Å². The van der Waals surface area contributed by atoms with Gasteiger partial charge < -0.3 is 20.5 Å². The van der Waals surface area contributed by atoms with Crippen LogP contribution in [0.25, 0.3) is 0 Å². The number of aliphatic carboxylic acids is 1. The predicted molar refractivity (Wildman–Crippen MR) is 66.5 cm³/mol. The summed E-state index contributed by atoms with van der Waals surface area (Å²) in [4.78, 5) is 22.4. The molecule has 1 aliphatic rings. The van der Waals surface area contributed by atoms with Crippen LogP contribution in [0.5, 0.6) is 0 Å². The number of carbonyl (C=O) groups excluding carboxylic acids is 1. The smallest absolute Gasteiger partial charge is 0.315 e. The molecular formula is C12H22N2O4. The van der Waals surface area contributed by atoms with Crippen molar-refractivity contribution in [2.45, 2.75) is 51.2 Å². The summed E-state index contributed by atoms with van der Waals surface area (Å²) in [7, 11) is 0. The van der Waals surface area contributed by atoms with E-state index in [0.717, 1.165) is 19.3 Å². The maximum atomic E-state index is 11.7. The summed E-state index contributed by atoms with van der Waals surface area (Å²) < 4.78 is 5.29. The molecule has 6 heteroatoms. The van der Waals surface area contributed by atoms with E-state index < -0.39 is 11.5 Å². The molecule has 0 saturated heterocycles. The summed E-state index contributed by atoms with van der Waals surface area (Å²) in [5.74, 6) is -0.877. The van der Waals surface area contributed by atoms with E-state index in [1.54, 1.807) is 0 Å². The number of carboxylic acid groups (broad SMARTS) is 1. The van der Waals surface area contributed by atoms with Crippen molar-refractivity contribution in [3.05, 3.63) is 0 Å². The second-order valence-corrected chi connectivity index (χ2v) is 4.81. The van der Waals surface area contributed by atoms with E-state index in [2.05, 4.69) is 10.6 Å². The summed E-state index contributed by atoms with van der Waals surface area (Å²) in [5, 5.41) is 14.3. The first-order valence-corrected chi connectivity index (χ1v) is 6.37. The number of hydrogen-bond acceptors (Lipinski definition) is 3. The molecule has 0 heterocycles. The van der Waals surface area contributed by atoms with Crippen molar-refractivity contribution in [3.63, 3.8) is 0 Å². The SMILES string of the molecule is CCOC(C)CNC(=O)NC1(CC(=O)O)CCC1. The number of hydrogen-bond donors (Lipinski definition) is 3. The fraction of sp³-hybridized carbons (Fsp3) is 0.833. The lowest BCUT2D eigenvalue weighted by atomic mass is 9.74. The quantitative estimate of drug-likeness (QED) is 0.638. The van der Waals surface area contributed by atoms with Gasteiger partial charge in [0.25, 0.3) is 0 Å². The Morgan fingerprint density at radius 1 is 1.44 bits per heavy atom. The number of amides is 2. The maximum Gasteiger partial charge on any atom is 0.315 e. The molecule has 18 heavy (non-hydrogen) atoms. The van der Waals surface area contributed by atoms with Gasteiger partial charge in [0.2, 0.25) is 0 Å². The van der Waals surface area contributed by atoms with Gasteiger partial charge in [-0.1, -0.05) is 0 Å². The Morgan fingerprint density at radius 2 is 2.11 bits per heavy atom. The van der Waals surface area contributed by atoms with Gasteiger partial charge in [0.05, 0.1) is 18.1 Å². The maximum absolute atomic E-state index is 11.7. The van der Waals surface area contributed by atoms with Gasteiger partial charge in [0.15, 0.2) is 0 Å². The topological polar surface area (TPSA) is 87.7 Å². The number of nitrogens with one attached hydrogen (secondary N) is 2. The minimum atomic E-state index is -0.877. The van der Waals surface area contributed by atoms with E-state index >= 15 is 0 Å². The Balaban J connectivity index is 2.32. The van der Waals surface area contributed by atoms with Gasteiger partial charge in [-0.25, -0.2) is 4.79 Å². The Bertz CT molecular complexity index is 302. The van der Waals surface area contributed by atoms with Crippen LogP contribution in [0, 0.1) is 0 Å². The third-order valence-electron chi connectivity index (χ3n) is 3.18. The lowest BCUT2D eigenvalue weighted by Gasteiger charge is -2.41. The summed E-state index contributed by atoms with van der Waals surface area (Å²) in [6.45, 7) is 4.79. The van der Waals surface area contributed by atoms with Gasteiger partial charge in [0.1, 0.15) is 0 Å². The molecule has 0 aromatic carbocycles. The van der Waals surface area contributed by atoms with Crippen molar-refractivity contribution < 1.29 is 19.4 Å². The highest BCUT2D eigenvalue weighted by Crippen LogP contribution is 2.34. The summed E-state index contributed by atoms with van der Waals surface area (Å²) in [6, 6.07) is -0.317. The number of carboxylic acids is 1.